The summed E-state index contributed by atoms with van der Waals surface area (Å²) in [4.78, 5) is 35.2. The van der Waals surface area contributed by atoms with Crippen molar-refractivity contribution in [2.45, 2.75) is 17.0 Å². The smallest absolute Gasteiger partial charge is 0.417 e. The number of nitro groups is 1. The molecule has 9 heteroatoms. The molecular formula is C18H15BrN2O6. The number of rotatable bonds is 5. The zero-order valence-electron chi connectivity index (χ0n) is 13.9. The molecule has 2 amide bonds. The zero-order chi connectivity index (χ0) is 19.6. The van der Waals surface area contributed by atoms with Crippen molar-refractivity contribution < 1.29 is 24.4 Å². The number of ether oxygens (including phenoxy) is 1. The highest BCUT2D eigenvalue weighted by atomic mass is 79.9. The maximum atomic E-state index is 12.9. The molecule has 3 atom stereocenters. The lowest BCUT2D eigenvalue weighted by atomic mass is 10.0. The number of cyclic esters (lactones) is 1. The number of imide groups is 1. The van der Waals surface area contributed by atoms with Gasteiger partial charge in [0.1, 0.15) is 23.6 Å². The van der Waals surface area contributed by atoms with Crippen LogP contribution < -0.4 is 0 Å². The number of carbonyl (C=O) groups is 2. The highest BCUT2D eigenvalue weighted by Gasteiger charge is 2.43. The maximum Gasteiger partial charge on any atom is 0.417 e. The first-order valence-corrected chi connectivity index (χ1v) is 8.93. The lowest BCUT2D eigenvalue weighted by molar-refractivity contribution is -0.386. The summed E-state index contributed by atoms with van der Waals surface area (Å²) in [6.45, 7) is -0.00408. The molecule has 0 aliphatic carbocycles. The van der Waals surface area contributed by atoms with Crippen molar-refractivity contribution in [3.05, 3.63) is 75.8 Å². The van der Waals surface area contributed by atoms with Gasteiger partial charge < -0.3 is 9.84 Å². The average Bonchev–Trinajstić information content (AvgIpc) is 3.08. The first-order valence-electron chi connectivity index (χ1n) is 8.02. The van der Waals surface area contributed by atoms with Crippen molar-refractivity contribution in [3.63, 3.8) is 0 Å². The topological polar surface area (TPSA) is 110 Å². The fourth-order valence-corrected chi connectivity index (χ4v) is 3.42. The molecule has 1 aliphatic rings. The van der Waals surface area contributed by atoms with E-state index in [1.165, 1.54) is 24.3 Å². The number of para-hydroxylation sites is 1. The van der Waals surface area contributed by atoms with Crippen LogP contribution in [0.5, 0.6) is 0 Å². The molecule has 140 valence electrons. The number of halogens is 1. The molecule has 0 saturated carbocycles. The van der Waals surface area contributed by atoms with E-state index in [0.29, 0.717) is 5.56 Å². The van der Waals surface area contributed by atoms with Gasteiger partial charge in [0.2, 0.25) is 5.91 Å². The molecule has 2 aromatic carbocycles. The van der Waals surface area contributed by atoms with Crippen molar-refractivity contribution in [1.29, 1.82) is 0 Å². The third kappa shape index (κ3) is 3.69. The van der Waals surface area contributed by atoms with Gasteiger partial charge in [0.15, 0.2) is 0 Å². The van der Waals surface area contributed by atoms with Gasteiger partial charge in [-0.1, -0.05) is 58.4 Å². The zero-order valence-corrected chi connectivity index (χ0v) is 15.5. The van der Waals surface area contributed by atoms with Crippen LogP contribution in [0.3, 0.4) is 0 Å². The first-order chi connectivity index (χ1) is 12.9. The van der Waals surface area contributed by atoms with Crippen molar-refractivity contribution >= 4 is 33.6 Å². The normalized spacial score (nSPS) is 18.7. The first kappa shape index (κ1) is 19.0. The molecule has 1 fully saturated rings. The van der Waals surface area contributed by atoms with E-state index in [4.69, 9.17) is 4.74 Å². The summed E-state index contributed by atoms with van der Waals surface area (Å²) in [6.07, 6.45) is -2.35. The molecule has 27 heavy (non-hydrogen) atoms. The Morgan fingerprint density at radius 2 is 1.85 bits per heavy atom. The largest absolute Gasteiger partial charge is 0.446 e. The Kier molecular flexibility index (Phi) is 5.52. The van der Waals surface area contributed by atoms with Crippen LogP contribution in [0.15, 0.2) is 54.6 Å². The quantitative estimate of drug-likeness (QED) is 0.439. The van der Waals surface area contributed by atoms with Crippen LogP contribution in [0.2, 0.25) is 0 Å². The molecule has 1 heterocycles. The van der Waals surface area contributed by atoms with E-state index in [-0.39, 0.29) is 17.9 Å². The van der Waals surface area contributed by atoms with Crippen molar-refractivity contribution in [2.24, 2.45) is 0 Å². The molecule has 3 rings (SSSR count). The van der Waals surface area contributed by atoms with Gasteiger partial charge in [0.25, 0.3) is 5.69 Å². The van der Waals surface area contributed by atoms with Crippen molar-refractivity contribution in [2.75, 3.05) is 6.61 Å². The predicted molar refractivity (Wildman–Crippen MR) is 98.1 cm³/mol. The minimum Gasteiger partial charge on any atom is -0.446 e. The summed E-state index contributed by atoms with van der Waals surface area (Å²) < 4.78 is 5.01. The number of nitro benzene ring substituents is 1. The molecular weight excluding hydrogens is 420 g/mol. The number of aliphatic hydroxyl groups is 1. The fraction of sp³-hybridized carbons (Fsp3) is 0.222. The van der Waals surface area contributed by atoms with Gasteiger partial charge in [-0.2, -0.15) is 0 Å². The van der Waals surface area contributed by atoms with E-state index in [2.05, 4.69) is 15.9 Å². The summed E-state index contributed by atoms with van der Waals surface area (Å²) >= 11 is 3.09. The SMILES string of the molecule is O=C1OC[C@@H](c2ccccc2)N1C(=O)[C@H](Br)[C@H](O)c1ccccc1[N+](=O)[O-]. The van der Waals surface area contributed by atoms with Gasteiger partial charge in [-0.15, -0.1) is 0 Å². The van der Waals surface area contributed by atoms with Gasteiger partial charge in [0, 0.05) is 6.07 Å². The number of hydrogen-bond acceptors (Lipinski definition) is 6. The number of aliphatic hydroxyl groups excluding tert-OH is 1. The second-order valence-electron chi connectivity index (χ2n) is 5.87. The van der Waals surface area contributed by atoms with Gasteiger partial charge >= 0.3 is 6.09 Å². The van der Waals surface area contributed by atoms with E-state index >= 15 is 0 Å². The lowest BCUT2D eigenvalue weighted by Crippen LogP contribution is -2.41. The number of carbonyl (C=O) groups excluding carboxylic acids is 2. The van der Waals surface area contributed by atoms with Gasteiger partial charge in [-0.25, -0.2) is 9.69 Å². The Balaban J connectivity index is 1.88. The molecule has 0 unspecified atom stereocenters. The Hall–Kier alpha value is -2.78. The van der Waals surface area contributed by atoms with Gasteiger partial charge in [0.05, 0.1) is 10.5 Å². The third-order valence-electron chi connectivity index (χ3n) is 4.26. The molecule has 0 spiro atoms. The second-order valence-corrected chi connectivity index (χ2v) is 6.86. The Bertz CT molecular complexity index is 875. The van der Waals surface area contributed by atoms with Crippen LogP contribution in [0, 0.1) is 10.1 Å². The summed E-state index contributed by atoms with van der Waals surface area (Å²) in [7, 11) is 0. The van der Waals surface area contributed by atoms with Crippen LogP contribution in [0.1, 0.15) is 23.3 Å². The molecule has 0 aromatic heterocycles. The van der Waals surface area contributed by atoms with Crippen molar-refractivity contribution in [1.82, 2.24) is 4.90 Å². The molecule has 1 N–H and O–H groups in total. The third-order valence-corrected chi connectivity index (χ3v) is 5.15. The van der Waals surface area contributed by atoms with Crippen molar-refractivity contribution in [3.8, 4) is 0 Å². The number of amides is 2. The standard InChI is InChI=1S/C18H15BrN2O6/c19-15(16(22)12-8-4-5-9-13(12)21(25)26)17(23)20-14(10-27-18(20)24)11-6-2-1-3-7-11/h1-9,14-16,22H,10H2/t14-,15+,16+/m0/s1. The van der Waals surface area contributed by atoms with Crippen LogP contribution in [0.4, 0.5) is 10.5 Å². The van der Waals surface area contributed by atoms with Gasteiger partial charge in [-0.05, 0) is 11.6 Å². The summed E-state index contributed by atoms with van der Waals surface area (Å²) in [6, 6.07) is 13.8. The van der Waals surface area contributed by atoms with E-state index in [9.17, 15) is 24.8 Å². The highest BCUT2D eigenvalue weighted by Crippen LogP contribution is 2.34. The van der Waals surface area contributed by atoms with Crippen LogP contribution in [-0.4, -0.2) is 38.4 Å². The van der Waals surface area contributed by atoms with Crippen LogP contribution >= 0.6 is 15.9 Å². The molecule has 1 saturated heterocycles. The number of nitrogens with zero attached hydrogens (tertiary/aromatic N) is 2. The molecule has 2 aromatic rings. The molecule has 0 bridgehead atoms. The number of alkyl halides is 1. The minimum atomic E-state index is -1.52. The van der Waals surface area contributed by atoms with E-state index in [1.54, 1.807) is 30.3 Å². The Morgan fingerprint density at radius 3 is 2.52 bits per heavy atom. The number of benzene rings is 2. The van der Waals surface area contributed by atoms with E-state index in [0.717, 1.165) is 4.90 Å². The van der Waals surface area contributed by atoms with Crippen LogP contribution in [-0.2, 0) is 9.53 Å². The predicted octanol–water partition coefficient (Wildman–Crippen LogP) is 3.11. The Labute approximate surface area is 162 Å². The Morgan fingerprint density at radius 1 is 1.22 bits per heavy atom. The minimum absolute atomic E-state index is 0.00408. The molecule has 8 nitrogen and oxygen atoms in total. The van der Waals surface area contributed by atoms with Gasteiger partial charge in [-0.3, -0.25) is 14.9 Å². The van der Waals surface area contributed by atoms with Crippen LogP contribution in [0.25, 0.3) is 0 Å². The lowest BCUT2D eigenvalue weighted by Gasteiger charge is -2.24. The molecule has 1 aliphatic heterocycles. The average molecular weight is 435 g/mol. The summed E-state index contributed by atoms with van der Waals surface area (Å²) in [5.74, 6) is -0.739. The fourth-order valence-electron chi connectivity index (χ4n) is 2.92. The van der Waals surface area contributed by atoms with E-state index < -0.39 is 33.9 Å². The molecule has 0 radical (unpaired) electrons. The second kappa shape index (κ2) is 7.85. The monoisotopic (exact) mass is 434 g/mol. The highest BCUT2D eigenvalue weighted by molar-refractivity contribution is 9.10. The van der Waals surface area contributed by atoms with E-state index in [1.807, 2.05) is 0 Å². The summed E-state index contributed by atoms with van der Waals surface area (Å²) in [5.41, 5.74) is 0.365. The number of hydrogen-bond donors (Lipinski definition) is 1. The summed E-state index contributed by atoms with van der Waals surface area (Å²) in [5, 5.41) is 21.7. The maximum absolute atomic E-state index is 12.9.